The van der Waals surface area contributed by atoms with Crippen LogP contribution in [0.15, 0.2) is 84.0 Å². The Labute approximate surface area is 204 Å². The average molecular weight is 463 g/mol. The summed E-state index contributed by atoms with van der Waals surface area (Å²) in [7, 11) is 0. The number of hydrogen-bond acceptors (Lipinski definition) is 5. The molecule has 2 aliphatic heterocycles. The zero-order valence-corrected chi connectivity index (χ0v) is 19.9. The lowest BCUT2D eigenvalue weighted by molar-refractivity contribution is -0.131. The number of ketones is 3. The maximum atomic E-state index is 14.5. The number of rotatable bonds is 2. The highest BCUT2D eigenvalue weighted by molar-refractivity contribution is 6.31. The van der Waals surface area contributed by atoms with Gasteiger partial charge in [-0.05, 0) is 16.7 Å². The molecular weight excluding hydrogens is 436 g/mol. The molecule has 0 amide bonds. The molecule has 1 spiro atoms. The summed E-state index contributed by atoms with van der Waals surface area (Å²) in [4.78, 5) is 43.1. The van der Waals surface area contributed by atoms with Gasteiger partial charge in [0, 0.05) is 22.5 Å². The lowest BCUT2D eigenvalue weighted by Gasteiger charge is -2.36. The highest BCUT2D eigenvalue weighted by Crippen LogP contribution is 2.64. The van der Waals surface area contributed by atoms with Crippen molar-refractivity contribution in [1.29, 1.82) is 0 Å². The van der Waals surface area contributed by atoms with Gasteiger partial charge in [0.1, 0.15) is 11.5 Å². The van der Waals surface area contributed by atoms with E-state index in [2.05, 4.69) is 0 Å². The van der Waals surface area contributed by atoms with Gasteiger partial charge in [-0.3, -0.25) is 19.4 Å². The summed E-state index contributed by atoms with van der Waals surface area (Å²) >= 11 is 0. The van der Waals surface area contributed by atoms with Gasteiger partial charge in [-0.25, -0.2) is 0 Å². The number of hydrazone groups is 1. The molecule has 5 heteroatoms. The van der Waals surface area contributed by atoms with Crippen molar-refractivity contribution in [3.05, 3.63) is 107 Å². The van der Waals surface area contributed by atoms with Gasteiger partial charge >= 0.3 is 0 Å². The minimum Gasteiger partial charge on any atom is -0.297 e. The average Bonchev–Trinajstić information content (AvgIpc) is 3.30. The molecule has 3 aromatic carbocycles. The molecule has 0 bridgehead atoms. The zero-order valence-electron chi connectivity index (χ0n) is 19.9. The molecule has 0 aromatic heterocycles. The third kappa shape index (κ3) is 2.75. The smallest absolute Gasteiger partial charge is 0.180 e. The predicted octanol–water partition coefficient (Wildman–Crippen LogP) is 5.22. The van der Waals surface area contributed by atoms with Crippen LogP contribution in [0.1, 0.15) is 70.1 Å². The topological polar surface area (TPSA) is 66.8 Å². The van der Waals surface area contributed by atoms with Crippen molar-refractivity contribution >= 4 is 23.6 Å². The van der Waals surface area contributed by atoms with Crippen molar-refractivity contribution in [3.63, 3.8) is 0 Å². The summed E-state index contributed by atoms with van der Waals surface area (Å²) in [6, 6.07) is 22.9. The zero-order chi connectivity index (χ0) is 24.5. The van der Waals surface area contributed by atoms with E-state index in [1.54, 1.807) is 35.5 Å². The van der Waals surface area contributed by atoms with Crippen LogP contribution in [0.4, 0.5) is 0 Å². The minimum atomic E-state index is -1.50. The molecule has 0 saturated carbocycles. The molecule has 0 unspecified atom stereocenters. The SMILES string of the molecule is CC(C)(C)C(=O)[C@@H]1[C@@H](c2ccccc2)C2(C(=O)c3ccccc3C2=O)[C@H]2c3ccccc3C=NN12. The van der Waals surface area contributed by atoms with E-state index in [-0.39, 0.29) is 17.3 Å². The number of nitrogens with zero attached hydrogens (tertiary/aromatic N) is 2. The van der Waals surface area contributed by atoms with Crippen LogP contribution in [0, 0.1) is 10.8 Å². The highest BCUT2D eigenvalue weighted by Gasteiger charge is 2.73. The van der Waals surface area contributed by atoms with Crippen molar-refractivity contribution < 1.29 is 14.4 Å². The summed E-state index contributed by atoms with van der Waals surface area (Å²) < 4.78 is 0. The Morgan fingerprint density at radius 2 is 1.40 bits per heavy atom. The van der Waals surface area contributed by atoms with E-state index in [0.29, 0.717) is 11.1 Å². The lowest BCUT2D eigenvalue weighted by Crippen LogP contribution is -2.45. The van der Waals surface area contributed by atoms with E-state index in [0.717, 1.165) is 16.7 Å². The van der Waals surface area contributed by atoms with Crippen LogP contribution in [0.25, 0.3) is 0 Å². The molecule has 0 N–H and O–H groups in total. The molecule has 35 heavy (non-hydrogen) atoms. The van der Waals surface area contributed by atoms with Crippen molar-refractivity contribution in [2.75, 3.05) is 0 Å². The molecule has 1 fully saturated rings. The molecule has 3 aliphatic rings. The maximum absolute atomic E-state index is 14.5. The Hall–Kier alpha value is -3.86. The fourth-order valence-corrected chi connectivity index (χ4v) is 6.25. The van der Waals surface area contributed by atoms with E-state index < -0.39 is 28.8 Å². The van der Waals surface area contributed by atoms with Crippen LogP contribution < -0.4 is 0 Å². The molecule has 5 nitrogen and oxygen atoms in total. The predicted molar refractivity (Wildman–Crippen MR) is 134 cm³/mol. The second-order valence-corrected chi connectivity index (χ2v) is 10.7. The fraction of sp³-hybridized carbons (Fsp3) is 0.267. The number of Topliss-reactive ketones (excluding diaryl/α,β-unsaturated/α-hetero) is 3. The van der Waals surface area contributed by atoms with Crippen LogP contribution in [-0.2, 0) is 4.79 Å². The van der Waals surface area contributed by atoms with E-state index in [1.165, 1.54) is 0 Å². The first-order valence-corrected chi connectivity index (χ1v) is 12.0. The first-order valence-electron chi connectivity index (χ1n) is 12.0. The van der Waals surface area contributed by atoms with Gasteiger partial charge in [-0.15, -0.1) is 0 Å². The highest BCUT2D eigenvalue weighted by atomic mass is 16.2. The molecule has 1 saturated heterocycles. The second kappa shape index (κ2) is 7.32. The van der Waals surface area contributed by atoms with Crippen LogP contribution in [-0.4, -0.2) is 34.6 Å². The third-order valence-electron chi connectivity index (χ3n) is 7.74. The van der Waals surface area contributed by atoms with Gasteiger partial charge in [0.25, 0.3) is 0 Å². The Balaban J connectivity index is 1.72. The van der Waals surface area contributed by atoms with E-state index in [9.17, 15) is 14.4 Å². The van der Waals surface area contributed by atoms with E-state index in [1.807, 2.05) is 75.4 Å². The number of hydrogen-bond donors (Lipinski definition) is 0. The fourth-order valence-electron chi connectivity index (χ4n) is 6.25. The molecule has 3 atom stereocenters. The number of benzene rings is 3. The van der Waals surface area contributed by atoms with Crippen molar-refractivity contribution in [1.82, 2.24) is 5.01 Å². The van der Waals surface area contributed by atoms with Crippen molar-refractivity contribution in [3.8, 4) is 0 Å². The molecule has 3 aromatic rings. The molecule has 174 valence electrons. The molecular formula is C30H26N2O3. The first-order chi connectivity index (χ1) is 16.8. The first kappa shape index (κ1) is 21.7. The minimum absolute atomic E-state index is 0.0404. The summed E-state index contributed by atoms with van der Waals surface area (Å²) in [6.45, 7) is 5.64. The Morgan fingerprint density at radius 1 is 0.829 bits per heavy atom. The van der Waals surface area contributed by atoms with Gasteiger partial charge < -0.3 is 0 Å². The van der Waals surface area contributed by atoms with Crippen molar-refractivity contribution in [2.45, 2.75) is 38.8 Å². The normalized spacial score (nSPS) is 23.9. The van der Waals surface area contributed by atoms with Crippen LogP contribution in [0.2, 0.25) is 0 Å². The summed E-state index contributed by atoms with van der Waals surface area (Å²) in [5, 5.41) is 6.52. The summed E-state index contributed by atoms with van der Waals surface area (Å²) in [5.74, 6) is -1.17. The van der Waals surface area contributed by atoms with Gasteiger partial charge in [-0.1, -0.05) is 99.6 Å². The maximum Gasteiger partial charge on any atom is 0.180 e. The quantitative estimate of drug-likeness (QED) is 0.490. The largest absolute Gasteiger partial charge is 0.297 e. The molecule has 6 rings (SSSR count). The molecule has 0 radical (unpaired) electrons. The lowest BCUT2D eigenvalue weighted by atomic mass is 9.62. The van der Waals surface area contributed by atoms with Gasteiger partial charge in [0.05, 0.1) is 12.3 Å². The van der Waals surface area contributed by atoms with Crippen LogP contribution in [0.3, 0.4) is 0 Å². The number of carbonyl (C=O) groups excluding carboxylic acids is 3. The van der Waals surface area contributed by atoms with Crippen LogP contribution in [0.5, 0.6) is 0 Å². The third-order valence-corrected chi connectivity index (χ3v) is 7.74. The molecule has 2 heterocycles. The summed E-state index contributed by atoms with van der Waals surface area (Å²) in [6.07, 6.45) is 1.74. The van der Waals surface area contributed by atoms with Crippen molar-refractivity contribution in [2.24, 2.45) is 15.9 Å². The molecule has 1 aliphatic carbocycles. The Kier molecular flexibility index (Phi) is 4.53. The Bertz CT molecular complexity index is 1380. The van der Waals surface area contributed by atoms with E-state index in [4.69, 9.17) is 5.10 Å². The number of fused-ring (bicyclic) bond motifs is 5. The standard InChI is InChI=1S/C30H26N2O3/c1-29(2,3)28(35)24-23(18-11-5-4-6-12-18)30(26(33)21-15-9-10-16-22(21)27(30)34)25-20-14-8-7-13-19(20)17-31-32(24)25/h4-17,23-25H,1-3H3/t23-,24+,25-/m1/s1. The van der Waals surface area contributed by atoms with Gasteiger partial charge in [0.15, 0.2) is 17.3 Å². The van der Waals surface area contributed by atoms with E-state index >= 15 is 0 Å². The summed E-state index contributed by atoms with van der Waals surface area (Å²) in [5.41, 5.74) is 1.17. The second-order valence-electron chi connectivity index (χ2n) is 10.7. The Morgan fingerprint density at radius 3 is 2.03 bits per heavy atom. The van der Waals surface area contributed by atoms with Gasteiger partial charge in [0.2, 0.25) is 0 Å². The number of carbonyl (C=O) groups is 3. The van der Waals surface area contributed by atoms with Crippen LogP contribution >= 0.6 is 0 Å². The van der Waals surface area contributed by atoms with Gasteiger partial charge in [-0.2, -0.15) is 5.10 Å². The monoisotopic (exact) mass is 462 g/mol.